The molecule has 24 heavy (non-hydrogen) atoms. The van der Waals surface area contributed by atoms with Gasteiger partial charge in [-0.05, 0) is 24.8 Å². The van der Waals surface area contributed by atoms with Gasteiger partial charge < -0.3 is 20.9 Å². The van der Waals surface area contributed by atoms with Crippen LogP contribution in [0.25, 0.3) is 11.0 Å². The second-order valence-corrected chi connectivity index (χ2v) is 7.32. The van der Waals surface area contributed by atoms with Gasteiger partial charge in [0.25, 0.3) is 5.91 Å². The summed E-state index contributed by atoms with van der Waals surface area (Å²) in [6.45, 7) is 1.47. The highest BCUT2D eigenvalue weighted by atomic mass is 32.2. The van der Waals surface area contributed by atoms with Crippen LogP contribution in [0.1, 0.15) is 12.8 Å². The van der Waals surface area contributed by atoms with E-state index in [9.17, 15) is 4.79 Å². The Morgan fingerprint density at radius 3 is 3.17 bits per heavy atom. The molecule has 2 aliphatic rings. The molecule has 2 aromatic heterocycles. The van der Waals surface area contributed by atoms with Crippen molar-refractivity contribution < 1.29 is 4.79 Å². The highest BCUT2D eigenvalue weighted by molar-refractivity contribution is 8.04. The van der Waals surface area contributed by atoms with Gasteiger partial charge in [0.1, 0.15) is 17.8 Å². The Kier molecular flexibility index (Phi) is 4.15. The summed E-state index contributed by atoms with van der Waals surface area (Å²) in [5.41, 5.74) is 6.73. The number of amides is 1. The van der Waals surface area contributed by atoms with Gasteiger partial charge in [-0.1, -0.05) is 0 Å². The highest BCUT2D eigenvalue weighted by Gasteiger charge is 2.28. The number of aromatic nitrogens is 3. The van der Waals surface area contributed by atoms with Crippen molar-refractivity contribution in [2.75, 3.05) is 23.7 Å². The number of anilines is 1. The van der Waals surface area contributed by atoms with Crippen LogP contribution in [-0.4, -0.2) is 45.7 Å². The van der Waals surface area contributed by atoms with Gasteiger partial charge >= 0.3 is 0 Å². The van der Waals surface area contributed by atoms with Crippen molar-refractivity contribution >= 4 is 34.5 Å². The molecule has 3 heterocycles. The Morgan fingerprint density at radius 2 is 2.38 bits per heavy atom. The third-order valence-electron chi connectivity index (χ3n) is 4.69. The molecule has 4 N–H and O–H groups in total. The molecule has 2 aromatic rings. The molecule has 1 saturated carbocycles. The zero-order chi connectivity index (χ0) is 16.5. The first kappa shape index (κ1) is 15.5. The maximum Gasteiger partial charge on any atom is 0.259 e. The molecule has 0 aromatic carbocycles. The topological polar surface area (TPSA) is 99.9 Å². The number of hydrogen-bond acceptors (Lipinski definition) is 6. The van der Waals surface area contributed by atoms with E-state index >= 15 is 0 Å². The minimum absolute atomic E-state index is 0.0248. The van der Waals surface area contributed by atoms with Crippen LogP contribution in [0.15, 0.2) is 29.7 Å². The summed E-state index contributed by atoms with van der Waals surface area (Å²) < 4.78 is 0. The Balaban J connectivity index is 1.50. The van der Waals surface area contributed by atoms with Gasteiger partial charge in [0, 0.05) is 37.3 Å². The SMILES string of the molecule is N[C@H]1CC[C@@H]1CNC(=O)C1=CN(c2ncnc3[nH]ccc23)CCS1. The van der Waals surface area contributed by atoms with Crippen molar-refractivity contribution in [2.45, 2.75) is 18.9 Å². The lowest BCUT2D eigenvalue weighted by atomic mass is 9.80. The number of nitrogens with two attached hydrogens (primary N) is 1. The van der Waals surface area contributed by atoms with E-state index in [1.54, 1.807) is 18.1 Å². The molecule has 2 atom stereocenters. The van der Waals surface area contributed by atoms with Crippen LogP contribution in [0.3, 0.4) is 0 Å². The molecule has 0 spiro atoms. The zero-order valence-electron chi connectivity index (χ0n) is 13.2. The predicted octanol–water partition coefficient (Wildman–Crippen LogP) is 1.21. The van der Waals surface area contributed by atoms with Crippen molar-refractivity contribution in [2.24, 2.45) is 11.7 Å². The Morgan fingerprint density at radius 1 is 1.46 bits per heavy atom. The second-order valence-electron chi connectivity index (χ2n) is 6.18. The van der Waals surface area contributed by atoms with E-state index in [0.717, 1.165) is 46.9 Å². The van der Waals surface area contributed by atoms with Crippen molar-refractivity contribution in [1.82, 2.24) is 20.3 Å². The number of hydrogen-bond donors (Lipinski definition) is 3. The van der Waals surface area contributed by atoms with E-state index in [0.29, 0.717) is 12.5 Å². The average Bonchev–Trinajstić information content (AvgIpc) is 3.09. The summed E-state index contributed by atoms with van der Waals surface area (Å²) in [7, 11) is 0. The lowest BCUT2D eigenvalue weighted by Crippen LogP contribution is -2.46. The van der Waals surface area contributed by atoms with Gasteiger partial charge in [-0.15, -0.1) is 11.8 Å². The van der Waals surface area contributed by atoms with Crippen LogP contribution in [0.5, 0.6) is 0 Å². The number of carbonyl (C=O) groups is 1. The second kappa shape index (κ2) is 6.45. The van der Waals surface area contributed by atoms with E-state index in [1.807, 2.05) is 23.4 Å². The molecule has 0 unspecified atom stereocenters. The molecule has 1 amide bonds. The molecular formula is C16H20N6OS. The first-order valence-corrected chi connectivity index (χ1v) is 9.14. The molecule has 0 bridgehead atoms. The number of nitrogens with one attached hydrogen (secondary N) is 2. The fourth-order valence-electron chi connectivity index (χ4n) is 3.04. The third kappa shape index (κ3) is 2.87. The van der Waals surface area contributed by atoms with Gasteiger partial charge in [-0.2, -0.15) is 0 Å². The van der Waals surface area contributed by atoms with Crippen LogP contribution >= 0.6 is 11.8 Å². The van der Waals surface area contributed by atoms with Crippen LogP contribution in [0.4, 0.5) is 5.82 Å². The molecule has 4 rings (SSSR count). The number of rotatable bonds is 4. The monoisotopic (exact) mass is 344 g/mol. The summed E-state index contributed by atoms with van der Waals surface area (Å²) in [5.74, 6) is 2.06. The normalized spacial score (nSPS) is 23.7. The van der Waals surface area contributed by atoms with Gasteiger partial charge in [-0.3, -0.25) is 4.79 Å². The fraction of sp³-hybridized carbons (Fsp3) is 0.438. The molecular weight excluding hydrogens is 324 g/mol. The van der Waals surface area contributed by atoms with Gasteiger partial charge in [0.2, 0.25) is 0 Å². The first-order chi connectivity index (χ1) is 11.7. The van der Waals surface area contributed by atoms with Crippen LogP contribution in [-0.2, 0) is 4.79 Å². The summed E-state index contributed by atoms with van der Waals surface area (Å²) in [5, 5.41) is 3.97. The maximum atomic E-state index is 12.4. The van der Waals surface area contributed by atoms with Gasteiger partial charge in [0.15, 0.2) is 0 Å². The summed E-state index contributed by atoms with van der Waals surface area (Å²) >= 11 is 1.58. The molecule has 0 radical (unpaired) electrons. The van der Waals surface area contributed by atoms with E-state index in [4.69, 9.17) is 5.73 Å². The third-order valence-corrected chi connectivity index (χ3v) is 5.68. The summed E-state index contributed by atoms with van der Waals surface area (Å²) in [4.78, 5) is 26.9. The van der Waals surface area contributed by atoms with Gasteiger partial charge in [0.05, 0.1) is 10.3 Å². The van der Waals surface area contributed by atoms with Crippen molar-refractivity contribution in [1.29, 1.82) is 0 Å². The van der Waals surface area contributed by atoms with Crippen molar-refractivity contribution in [3.05, 3.63) is 29.7 Å². The minimum Gasteiger partial charge on any atom is -0.351 e. The summed E-state index contributed by atoms with van der Waals surface area (Å²) in [6, 6.07) is 2.19. The van der Waals surface area contributed by atoms with Crippen molar-refractivity contribution in [3.63, 3.8) is 0 Å². The van der Waals surface area contributed by atoms with E-state index in [2.05, 4.69) is 20.3 Å². The molecule has 0 saturated heterocycles. The lowest BCUT2D eigenvalue weighted by molar-refractivity contribution is -0.117. The Hall–Kier alpha value is -2.06. The molecule has 8 heteroatoms. The highest BCUT2D eigenvalue weighted by Crippen LogP contribution is 2.29. The Bertz CT molecular complexity index is 788. The number of fused-ring (bicyclic) bond motifs is 1. The maximum absolute atomic E-state index is 12.4. The number of aromatic amines is 1. The van der Waals surface area contributed by atoms with E-state index in [-0.39, 0.29) is 11.9 Å². The molecule has 7 nitrogen and oxygen atoms in total. The zero-order valence-corrected chi connectivity index (χ0v) is 14.1. The van der Waals surface area contributed by atoms with Gasteiger partial charge in [-0.25, -0.2) is 9.97 Å². The first-order valence-electron chi connectivity index (χ1n) is 8.15. The summed E-state index contributed by atoms with van der Waals surface area (Å²) in [6.07, 6.45) is 7.44. The largest absolute Gasteiger partial charge is 0.351 e. The Labute approximate surface area is 144 Å². The molecule has 1 aliphatic heterocycles. The molecule has 1 fully saturated rings. The van der Waals surface area contributed by atoms with E-state index in [1.165, 1.54) is 0 Å². The number of H-pyrrole nitrogens is 1. The fourth-order valence-corrected chi connectivity index (χ4v) is 3.95. The number of carbonyl (C=O) groups excluding carboxylic acids is 1. The lowest BCUT2D eigenvalue weighted by Gasteiger charge is -2.33. The molecule has 1 aliphatic carbocycles. The molecule has 126 valence electrons. The average molecular weight is 344 g/mol. The predicted molar refractivity (Wildman–Crippen MR) is 95.5 cm³/mol. The van der Waals surface area contributed by atoms with Crippen LogP contribution < -0.4 is 16.0 Å². The standard InChI is InChI=1S/C16H20N6OS/c17-12-2-1-10(12)7-19-16(23)13-8-22(5-6-24-13)15-11-3-4-18-14(11)20-9-21-15/h3-4,8-10,12H,1-2,5-7,17H2,(H,19,23)(H,18,20,21)/t10-,12+/m1/s1. The smallest absolute Gasteiger partial charge is 0.259 e. The number of thioether (sulfide) groups is 1. The van der Waals surface area contributed by atoms with E-state index < -0.39 is 0 Å². The van der Waals surface area contributed by atoms with Crippen molar-refractivity contribution in [3.8, 4) is 0 Å². The van der Waals surface area contributed by atoms with Crippen LogP contribution in [0, 0.1) is 5.92 Å². The minimum atomic E-state index is -0.0248. The number of nitrogens with zero attached hydrogens (tertiary/aromatic N) is 3. The van der Waals surface area contributed by atoms with Crippen LogP contribution in [0.2, 0.25) is 0 Å². The quantitative estimate of drug-likeness (QED) is 0.771.